The van der Waals surface area contributed by atoms with Crippen LogP contribution in [0.5, 0.6) is 5.75 Å². The standard InChI is InChI=1S/C14H16N2O5/c1-21-14(20)12(8-2-4-10(17)5-3-8)16-7-9(13(15)19)6-11(16)18/h2-5,9,12,17H,6-7H2,1H3,(H2,15,19)/t9?,12-/m1/s1. The molecule has 1 unspecified atom stereocenters. The summed E-state index contributed by atoms with van der Waals surface area (Å²) in [6.45, 7) is 0.0782. The molecule has 21 heavy (non-hydrogen) atoms. The van der Waals surface area contributed by atoms with E-state index in [4.69, 9.17) is 10.5 Å². The topological polar surface area (TPSA) is 110 Å². The number of hydrogen-bond donors (Lipinski definition) is 2. The molecule has 1 aliphatic rings. The van der Waals surface area contributed by atoms with Crippen LogP contribution in [0, 0.1) is 5.92 Å². The molecule has 3 N–H and O–H groups in total. The zero-order valence-corrected chi connectivity index (χ0v) is 11.5. The van der Waals surface area contributed by atoms with Gasteiger partial charge >= 0.3 is 5.97 Å². The molecule has 0 spiro atoms. The number of nitrogens with zero attached hydrogens (tertiary/aromatic N) is 1. The molecule has 0 radical (unpaired) electrons. The minimum absolute atomic E-state index is 0.0130. The van der Waals surface area contributed by atoms with Crippen LogP contribution < -0.4 is 5.73 Å². The molecule has 0 aliphatic carbocycles. The lowest BCUT2D eigenvalue weighted by Crippen LogP contribution is -2.37. The Labute approximate surface area is 121 Å². The highest BCUT2D eigenvalue weighted by Gasteiger charge is 2.41. The van der Waals surface area contributed by atoms with Crippen molar-refractivity contribution in [2.45, 2.75) is 12.5 Å². The van der Waals surface area contributed by atoms with Gasteiger partial charge in [-0.2, -0.15) is 0 Å². The second-order valence-electron chi connectivity index (χ2n) is 4.87. The molecule has 0 bridgehead atoms. The van der Waals surface area contributed by atoms with E-state index < -0.39 is 23.8 Å². The van der Waals surface area contributed by atoms with E-state index in [1.165, 1.54) is 36.3 Å². The van der Waals surface area contributed by atoms with Gasteiger partial charge in [-0.05, 0) is 17.7 Å². The van der Waals surface area contributed by atoms with Crippen molar-refractivity contribution in [1.29, 1.82) is 0 Å². The first-order valence-electron chi connectivity index (χ1n) is 6.39. The average molecular weight is 292 g/mol. The summed E-state index contributed by atoms with van der Waals surface area (Å²) in [5.74, 6) is -2.08. The fraction of sp³-hybridized carbons (Fsp3) is 0.357. The number of carbonyl (C=O) groups excluding carboxylic acids is 3. The Morgan fingerprint density at radius 1 is 1.38 bits per heavy atom. The summed E-state index contributed by atoms with van der Waals surface area (Å²) in [6.07, 6.45) is -0.0130. The maximum atomic E-state index is 12.1. The Balaban J connectivity index is 2.33. The van der Waals surface area contributed by atoms with Crippen LogP contribution in [0.4, 0.5) is 0 Å². The predicted molar refractivity (Wildman–Crippen MR) is 71.9 cm³/mol. The monoisotopic (exact) mass is 292 g/mol. The summed E-state index contributed by atoms with van der Waals surface area (Å²) in [6, 6.07) is 4.94. The highest BCUT2D eigenvalue weighted by molar-refractivity contribution is 5.91. The quantitative estimate of drug-likeness (QED) is 0.755. The van der Waals surface area contributed by atoms with Gasteiger partial charge in [-0.15, -0.1) is 0 Å². The van der Waals surface area contributed by atoms with Gasteiger partial charge in [0.05, 0.1) is 13.0 Å². The number of ether oxygens (including phenoxy) is 1. The number of carbonyl (C=O) groups is 3. The van der Waals surface area contributed by atoms with Crippen molar-refractivity contribution in [1.82, 2.24) is 4.90 Å². The fourth-order valence-electron chi connectivity index (χ4n) is 2.38. The van der Waals surface area contributed by atoms with Crippen LogP contribution in [0.2, 0.25) is 0 Å². The molecule has 1 heterocycles. The fourth-order valence-corrected chi connectivity index (χ4v) is 2.38. The van der Waals surface area contributed by atoms with Gasteiger partial charge in [0.25, 0.3) is 0 Å². The second-order valence-corrected chi connectivity index (χ2v) is 4.87. The smallest absolute Gasteiger partial charge is 0.333 e. The van der Waals surface area contributed by atoms with E-state index in [1.54, 1.807) is 0 Å². The van der Waals surface area contributed by atoms with Gasteiger partial charge in [0.2, 0.25) is 11.8 Å². The molecule has 0 aromatic heterocycles. The molecule has 7 heteroatoms. The van der Waals surface area contributed by atoms with Crippen LogP contribution in [0.3, 0.4) is 0 Å². The van der Waals surface area contributed by atoms with Gasteiger partial charge < -0.3 is 20.5 Å². The van der Waals surface area contributed by atoms with E-state index in [1.807, 2.05) is 0 Å². The number of amides is 2. The highest BCUT2D eigenvalue weighted by Crippen LogP contribution is 2.30. The van der Waals surface area contributed by atoms with Crippen molar-refractivity contribution in [2.24, 2.45) is 11.7 Å². The zero-order chi connectivity index (χ0) is 15.6. The maximum Gasteiger partial charge on any atom is 0.333 e. The molecular formula is C14H16N2O5. The minimum Gasteiger partial charge on any atom is -0.508 e. The Morgan fingerprint density at radius 2 is 2.00 bits per heavy atom. The molecule has 2 amide bonds. The molecule has 2 rings (SSSR count). The number of likely N-dealkylation sites (tertiary alicyclic amines) is 1. The summed E-state index contributed by atoms with van der Waals surface area (Å²) < 4.78 is 4.74. The molecule has 1 aromatic carbocycles. The summed E-state index contributed by atoms with van der Waals surface area (Å²) in [5.41, 5.74) is 5.72. The number of methoxy groups -OCH3 is 1. The number of esters is 1. The van der Waals surface area contributed by atoms with Crippen LogP contribution >= 0.6 is 0 Å². The Hall–Kier alpha value is -2.57. The molecule has 1 saturated heterocycles. The van der Waals surface area contributed by atoms with E-state index in [9.17, 15) is 19.5 Å². The molecule has 2 atom stereocenters. The lowest BCUT2D eigenvalue weighted by molar-refractivity contribution is -0.151. The minimum atomic E-state index is -0.951. The van der Waals surface area contributed by atoms with Gasteiger partial charge in [0.1, 0.15) is 5.75 Å². The van der Waals surface area contributed by atoms with Crippen molar-refractivity contribution in [3.63, 3.8) is 0 Å². The molecule has 1 aromatic rings. The normalized spacial score (nSPS) is 19.4. The van der Waals surface area contributed by atoms with Crippen LogP contribution in [0.15, 0.2) is 24.3 Å². The first-order valence-corrected chi connectivity index (χ1v) is 6.39. The predicted octanol–water partition coefficient (Wildman–Crippen LogP) is -0.0599. The van der Waals surface area contributed by atoms with Crippen LogP contribution in [-0.2, 0) is 19.1 Å². The van der Waals surface area contributed by atoms with Gasteiger partial charge in [-0.1, -0.05) is 12.1 Å². The number of aromatic hydroxyl groups is 1. The number of phenolic OH excluding ortho intramolecular Hbond substituents is 1. The lowest BCUT2D eigenvalue weighted by Gasteiger charge is -2.26. The SMILES string of the molecule is COC(=O)[C@@H](c1ccc(O)cc1)N1CC(C(N)=O)CC1=O. The van der Waals surface area contributed by atoms with E-state index >= 15 is 0 Å². The van der Waals surface area contributed by atoms with Crippen molar-refractivity contribution >= 4 is 17.8 Å². The molecular weight excluding hydrogens is 276 g/mol. The maximum absolute atomic E-state index is 12.1. The third kappa shape index (κ3) is 2.96. The first kappa shape index (κ1) is 14.8. The second kappa shape index (κ2) is 5.82. The molecule has 1 fully saturated rings. The first-order chi connectivity index (χ1) is 9.93. The van der Waals surface area contributed by atoms with E-state index in [0.717, 1.165) is 0 Å². The summed E-state index contributed by atoms with van der Waals surface area (Å²) in [7, 11) is 1.22. The summed E-state index contributed by atoms with van der Waals surface area (Å²) in [4.78, 5) is 36.6. The van der Waals surface area contributed by atoms with Crippen LogP contribution in [-0.4, -0.2) is 41.4 Å². The van der Waals surface area contributed by atoms with Crippen molar-refractivity contribution in [3.05, 3.63) is 29.8 Å². The van der Waals surface area contributed by atoms with Crippen LogP contribution in [0.1, 0.15) is 18.0 Å². The van der Waals surface area contributed by atoms with Crippen molar-refractivity contribution < 1.29 is 24.2 Å². The van der Waals surface area contributed by atoms with Crippen molar-refractivity contribution in [2.75, 3.05) is 13.7 Å². The zero-order valence-electron chi connectivity index (χ0n) is 11.5. The number of primary amides is 1. The largest absolute Gasteiger partial charge is 0.508 e. The average Bonchev–Trinajstić information content (AvgIpc) is 2.83. The van der Waals surface area contributed by atoms with E-state index in [2.05, 4.69) is 0 Å². The molecule has 1 aliphatic heterocycles. The highest BCUT2D eigenvalue weighted by atomic mass is 16.5. The number of phenols is 1. The Morgan fingerprint density at radius 3 is 2.48 bits per heavy atom. The lowest BCUT2D eigenvalue weighted by atomic mass is 10.1. The number of nitrogens with two attached hydrogens (primary N) is 1. The molecule has 112 valence electrons. The van der Waals surface area contributed by atoms with Crippen LogP contribution in [0.25, 0.3) is 0 Å². The number of hydrogen-bond acceptors (Lipinski definition) is 5. The third-order valence-electron chi connectivity index (χ3n) is 3.51. The van der Waals surface area contributed by atoms with Gasteiger partial charge in [0.15, 0.2) is 6.04 Å². The van der Waals surface area contributed by atoms with E-state index in [-0.39, 0.29) is 24.6 Å². The van der Waals surface area contributed by atoms with E-state index in [0.29, 0.717) is 5.56 Å². The van der Waals surface area contributed by atoms with Gasteiger partial charge in [-0.25, -0.2) is 4.79 Å². The molecule has 7 nitrogen and oxygen atoms in total. The van der Waals surface area contributed by atoms with Gasteiger partial charge in [-0.3, -0.25) is 9.59 Å². The molecule has 0 saturated carbocycles. The summed E-state index contributed by atoms with van der Waals surface area (Å²) in [5, 5.41) is 9.31. The van der Waals surface area contributed by atoms with Gasteiger partial charge in [0, 0.05) is 13.0 Å². The Bertz CT molecular complexity index is 569. The third-order valence-corrected chi connectivity index (χ3v) is 3.51. The van der Waals surface area contributed by atoms with Crippen molar-refractivity contribution in [3.8, 4) is 5.75 Å². The number of benzene rings is 1. The number of rotatable bonds is 4. The summed E-state index contributed by atoms with van der Waals surface area (Å²) >= 11 is 0. The Kier molecular flexibility index (Phi) is 4.11.